The van der Waals surface area contributed by atoms with Gasteiger partial charge in [0.1, 0.15) is 5.82 Å². The molecule has 2 aromatic rings. The molecule has 2 heterocycles. The molecule has 2 N–H and O–H groups in total. The van der Waals surface area contributed by atoms with Crippen LogP contribution >= 0.6 is 0 Å². The fraction of sp³-hybridized carbons (Fsp3) is 0.556. The van der Waals surface area contributed by atoms with E-state index in [1.165, 1.54) is 11.1 Å². The van der Waals surface area contributed by atoms with Gasteiger partial charge in [-0.3, -0.25) is 4.79 Å². The summed E-state index contributed by atoms with van der Waals surface area (Å²) in [5, 5.41) is 13.4. The summed E-state index contributed by atoms with van der Waals surface area (Å²) in [7, 11) is 0. The molecule has 0 spiro atoms. The standard InChI is InChI=1S/C18H26N4O2/c1-12-7-14-15(8-13(12)2)22(11-18(3,4)24)16(20-14)10-21-6-5-19-9-17(21)23/h7-8,19,24H,5-6,9-11H2,1-4H3. The van der Waals surface area contributed by atoms with Crippen LogP contribution in [-0.4, -0.2) is 50.7 Å². The average molecular weight is 330 g/mol. The number of piperazine rings is 1. The number of nitrogens with one attached hydrogen (secondary N) is 1. The molecule has 1 aliphatic rings. The number of carbonyl (C=O) groups excluding carboxylic acids is 1. The largest absolute Gasteiger partial charge is 0.389 e. The molecule has 1 amide bonds. The Morgan fingerprint density at radius 3 is 2.67 bits per heavy atom. The number of hydrogen-bond acceptors (Lipinski definition) is 4. The van der Waals surface area contributed by atoms with Crippen molar-refractivity contribution >= 4 is 16.9 Å². The van der Waals surface area contributed by atoms with Gasteiger partial charge >= 0.3 is 0 Å². The van der Waals surface area contributed by atoms with Crippen molar-refractivity contribution in [2.24, 2.45) is 0 Å². The Labute approximate surface area is 142 Å². The van der Waals surface area contributed by atoms with E-state index in [-0.39, 0.29) is 5.91 Å². The van der Waals surface area contributed by atoms with Gasteiger partial charge < -0.3 is 19.9 Å². The molecule has 0 atom stereocenters. The highest BCUT2D eigenvalue weighted by atomic mass is 16.3. The van der Waals surface area contributed by atoms with Crippen molar-refractivity contribution in [3.05, 3.63) is 29.1 Å². The second kappa shape index (κ2) is 6.18. The number of rotatable bonds is 4. The number of imidazole rings is 1. The molecule has 3 rings (SSSR count). The Balaban J connectivity index is 2.04. The number of aryl methyl sites for hydroxylation is 2. The van der Waals surface area contributed by atoms with E-state index in [0.717, 1.165) is 23.4 Å². The highest BCUT2D eigenvalue weighted by Gasteiger charge is 2.24. The molecule has 24 heavy (non-hydrogen) atoms. The van der Waals surface area contributed by atoms with Crippen LogP contribution in [0.15, 0.2) is 12.1 Å². The Morgan fingerprint density at radius 1 is 1.29 bits per heavy atom. The van der Waals surface area contributed by atoms with E-state index < -0.39 is 5.60 Å². The summed E-state index contributed by atoms with van der Waals surface area (Å²) in [4.78, 5) is 18.7. The Kier molecular flexibility index (Phi) is 4.36. The lowest BCUT2D eigenvalue weighted by Crippen LogP contribution is -2.47. The number of nitrogens with zero attached hydrogens (tertiary/aromatic N) is 3. The molecule has 1 saturated heterocycles. The minimum atomic E-state index is -0.853. The summed E-state index contributed by atoms with van der Waals surface area (Å²) in [5.41, 5.74) is 3.47. The van der Waals surface area contributed by atoms with E-state index in [1.807, 2.05) is 4.90 Å². The minimum absolute atomic E-state index is 0.0930. The van der Waals surface area contributed by atoms with Crippen molar-refractivity contribution in [2.45, 2.75) is 46.4 Å². The molecule has 1 aliphatic heterocycles. The van der Waals surface area contributed by atoms with E-state index in [9.17, 15) is 9.90 Å². The summed E-state index contributed by atoms with van der Waals surface area (Å²) < 4.78 is 2.05. The molecule has 0 saturated carbocycles. The van der Waals surface area contributed by atoms with Crippen molar-refractivity contribution in [1.82, 2.24) is 19.8 Å². The van der Waals surface area contributed by atoms with Crippen molar-refractivity contribution in [3.8, 4) is 0 Å². The lowest BCUT2D eigenvalue weighted by Gasteiger charge is -2.28. The van der Waals surface area contributed by atoms with Crippen LogP contribution in [-0.2, 0) is 17.9 Å². The van der Waals surface area contributed by atoms with Crippen LogP contribution in [0.4, 0.5) is 0 Å². The monoisotopic (exact) mass is 330 g/mol. The topological polar surface area (TPSA) is 70.4 Å². The number of aliphatic hydroxyl groups is 1. The highest BCUT2D eigenvalue weighted by Crippen LogP contribution is 2.24. The predicted octanol–water partition coefficient (Wildman–Crippen LogP) is 1.36. The van der Waals surface area contributed by atoms with Crippen LogP contribution in [0.5, 0.6) is 0 Å². The maximum absolute atomic E-state index is 12.1. The smallest absolute Gasteiger partial charge is 0.236 e. The number of amides is 1. The zero-order valence-electron chi connectivity index (χ0n) is 14.9. The van der Waals surface area contributed by atoms with Gasteiger partial charge in [-0.15, -0.1) is 0 Å². The highest BCUT2D eigenvalue weighted by molar-refractivity contribution is 5.80. The van der Waals surface area contributed by atoms with Crippen LogP contribution in [0.1, 0.15) is 30.8 Å². The molecule has 0 aliphatic carbocycles. The number of carbonyl (C=O) groups is 1. The van der Waals surface area contributed by atoms with Crippen LogP contribution < -0.4 is 5.32 Å². The number of hydrogen-bond donors (Lipinski definition) is 2. The lowest BCUT2D eigenvalue weighted by atomic mass is 10.1. The van der Waals surface area contributed by atoms with Gasteiger partial charge in [0.25, 0.3) is 0 Å². The number of benzene rings is 1. The van der Waals surface area contributed by atoms with E-state index in [1.54, 1.807) is 13.8 Å². The molecule has 0 radical (unpaired) electrons. The Morgan fingerprint density at radius 2 is 2.00 bits per heavy atom. The van der Waals surface area contributed by atoms with Gasteiger partial charge in [-0.2, -0.15) is 0 Å². The van der Waals surface area contributed by atoms with Gasteiger partial charge in [-0.1, -0.05) is 0 Å². The molecule has 1 aromatic carbocycles. The second-order valence-corrected chi connectivity index (χ2v) is 7.34. The molecule has 1 aromatic heterocycles. The van der Waals surface area contributed by atoms with Crippen molar-refractivity contribution in [2.75, 3.05) is 19.6 Å². The van der Waals surface area contributed by atoms with Crippen LogP contribution in [0.2, 0.25) is 0 Å². The first kappa shape index (κ1) is 16.9. The first-order valence-electron chi connectivity index (χ1n) is 8.42. The fourth-order valence-electron chi connectivity index (χ4n) is 3.10. The van der Waals surface area contributed by atoms with Gasteiger partial charge in [0.2, 0.25) is 5.91 Å². The van der Waals surface area contributed by atoms with Crippen molar-refractivity contribution in [1.29, 1.82) is 0 Å². The zero-order valence-corrected chi connectivity index (χ0v) is 14.9. The predicted molar refractivity (Wildman–Crippen MR) is 93.8 cm³/mol. The third-order valence-corrected chi connectivity index (χ3v) is 4.51. The van der Waals surface area contributed by atoms with Crippen LogP contribution in [0, 0.1) is 13.8 Å². The first-order valence-corrected chi connectivity index (χ1v) is 8.42. The summed E-state index contributed by atoms with van der Waals surface area (Å²) >= 11 is 0. The molecule has 0 bridgehead atoms. The molecular formula is C18H26N4O2. The van der Waals surface area contributed by atoms with E-state index >= 15 is 0 Å². The third-order valence-electron chi connectivity index (χ3n) is 4.51. The van der Waals surface area contributed by atoms with Crippen LogP contribution in [0.25, 0.3) is 11.0 Å². The lowest BCUT2D eigenvalue weighted by molar-refractivity contribution is -0.132. The molecule has 0 unspecified atom stereocenters. The van der Waals surface area contributed by atoms with E-state index in [4.69, 9.17) is 4.98 Å². The first-order chi connectivity index (χ1) is 11.2. The maximum Gasteiger partial charge on any atom is 0.236 e. The summed E-state index contributed by atoms with van der Waals surface area (Å²) in [6.45, 7) is 10.5. The molecule has 6 nitrogen and oxygen atoms in total. The van der Waals surface area contributed by atoms with Crippen LogP contribution in [0.3, 0.4) is 0 Å². The minimum Gasteiger partial charge on any atom is -0.389 e. The van der Waals surface area contributed by atoms with Crippen molar-refractivity contribution in [3.63, 3.8) is 0 Å². The third kappa shape index (κ3) is 3.44. The number of aromatic nitrogens is 2. The summed E-state index contributed by atoms with van der Waals surface area (Å²) in [6, 6.07) is 4.20. The van der Waals surface area contributed by atoms with Gasteiger partial charge in [-0.05, 0) is 51.0 Å². The van der Waals surface area contributed by atoms with E-state index in [0.29, 0.717) is 26.2 Å². The van der Waals surface area contributed by atoms with Gasteiger partial charge in [0, 0.05) is 13.1 Å². The normalized spacial score (nSPS) is 16.2. The average Bonchev–Trinajstić information content (AvgIpc) is 2.78. The molecule has 130 valence electrons. The van der Waals surface area contributed by atoms with Gasteiger partial charge in [-0.25, -0.2) is 4.98 Å². The summed E-state index contributed by atoms with van der Waals surface area (Å²) in [6.07, 6.45) is 0. The van der Waals surface area contributed by atoms with Gasteiger partial charge in [0.15, 0.2) is 0 Å². The molecule has 6 heteroatoms. The second-order valence-electron chi connectivity index (χ2n) is 7.34. The summed E-state index contributed by atoms with van der Waals surface area (Å²) in [5.74, 6) is 0.919. The van der Waals surface area contributed by atoms with E-state index in [2.05, 4.69) is 35.9 Å². The fourth-order valence-corrected chi connectivity index (χ4v) is 3.10. The Hall–Kier alpha value is -1.92. The molecule has 1 fully saturated rings. The zero-order chi connectivity index (χ0) is 17.5. The SMILES string of the molecule is Cc1cc2nc(CN3CCNCC3=O)n(CC(C)(C)O)c2cc1C. The van der Waals surface area contributed by atoms with Crippen molar-refractivity contribution < 1.29 is 9.90 Å². The molecular weight excluding hydrogens is 304 g/mol. The van der Waals surface area contributed by atoms with Gasteiger partial charge in [0.05, 0.1) is 36.3 Å². The Bertz CT molecular complexity index is 773. The quantitative estimate of drug-likeness (QED) is 0.888. The number of fused-ring (bicyclic) bond motifs is 1. The maximum atomic E-state index is 12.1.